The van der Waals surface area contributed by atoms with Gasteiger partial charge in [-0.2, -0.15) is 4.57 Å². The van der Waals surface area contributed by atoms with E-state index in [1.165, 1.54) is 12.4 Å². The predicted molar refractivity (Wildman–Crippen MR) is 63.7 cm³/mol. The molecule has 2 N–H and O–H groups in total. The standard InChI is InChI=1S/C8H10IN3O5/c9-3-4-5(13)6(14)7(17-4)11-2-1-10-8(11)12(15)16/h1-2,4-7,13-14H,3H2/t4?,5-,6+,7?/m0/s1. The molecule has 0 aliphatic carbocycles. The molecule has 2 heterocycles. The molecule has 1 fully saturated rings. The van der Waals surface area contributed by atoms with Crippen molar-refractivity contribution in [3.8, 4) is 0 Å². The van der Waals surface area contributed by atoms with E-state index in [1.807, 2.05) is 22.6 Å². The van der Waals surface area contributed by atoms with Crippen molar-refractivity contribution in [1.82, 2.24) is 9.55 Å². The van der Waals surface area contributed by atoms with Gasteiger partial charge in [-0.3, -0.25) is 0 Å². The maximum absolute atomic E-state index is 10.7. The van der Waals surface area contributed by atoms with Crippen LogP contribution in [-0.4, -0.2) is 47.4 Å². The Morgan fingerprint density at radius 3 is 2.82 bits per heavy atom. The third-order valence-electron chi connectivity index (χ3n) is 2.57. The van der Waals surface area contributed by atoms with Crippen molar-refractivity contribution in [2.75, 3.05) is 4.43 Å². The molecule has 94 valence electrons. The lowest BCUT2D eigenvalue weighted by molar-refractivity contribution is -0.398. The Morgan fingerprint density at radius 2 is 2.29 bits per heavy atom. The number of aliphatic hydroxyl groups excluding tert-OH is 2. The molecule has 0 amide bonds. The molecule has 9 heteroatoms. The van der Waals surface area contributed by atoms with E-state index in [4.69, 9.17) is 4.74 Å². The quantitative estimate of drug-likeness (QED) is 0.338. The van der Waals surface area contributed by atoms with Crippen LogP contribution < -0.4 is 0 Å². The fourth-order valence-corrected chi connectivity index (χ4v) is 2.46. The van der Waals surface area contributed by atoms with Crippen LogP contribution in [0.2, 0.25) is 0 Å². The lowest BCUT2D eigenvalue weighted by atomic mass is 10.1. The second kappa shape index (κ2) is 4.84. The molecule has 1 aliphatic rings. The fraction of sp³-hybridized carbons (Fsp3) is 0.625. The summed E-state index contributed by atoms with van der Waals surface area (Å²) in [6.45, 7) is 0. The van der Waals surface area contributed by atoms with Crippen molar-refractivity contribution in [3.05, 3.63) is 22.5 Å². The highest BCUT2D eigenvalue weighted by Crippen LogP contribution is 2.32. The largest absolute Gasteiger partial charge is 0.436 e. The van der Waals surface area contributed by atoms with Crippen LogP contribution in [0, 0.1) is 10.1 Å². The summed E-state index contributed by atoms with van der Waals surface area (Å²) in [5.74, 6) is -0.421. The van der Waals surface area contributed by atoms with E-state index >= 15 is 0 Å². The summed E-state index contributed by atoms with van der Waals surface area (Å²) < 4.78 is 6.97. The van der Waals surface area contributed by atoms with Gasteiger partial charge >= 0.3 is 5.95 Å². The minimum atomic E-state index is -1.21. The van der Waals surface area contributed by atoms with Crippen molar-refractivity contribution in [1.29, 1.82) is 0 Å². The number of aromatic nitrogens is 2. The Hall–Kier alpha value is -0.780. The van der Waals surface area contributed by atoms with E-state index in [-0.39, 0.29) is 0 Å². The number of nitro groups is 1. The van der Waals surface area contributed by atoms with E-state index in [0.717, 1.165) is 4.57 Å². The monoisotopic (exact) mass is 355 g/mol. The Bertz CT molecular complexity index is 425. The first kappa shape index (κ1) is 12.7. The average molecular weight is 355 g/mol. The smallest absolute Gasteiger partial charge is 0.390 e. The Labute approximate surface area is 110 Å². The first-order valence-electron chi connectivity index (χ1n) is 4.81. The lowest BCUT2D eigenvalue weighted by Gasteiger charge is -2.13. The molecule has 0 spiro atoms. The van der Waals surface area contributed by atoms with E-state index < -0.39 is 35.4 Å². The number of nitrogens with zero attached hydrogens (tertiary/aromatic N) is 3. The highest BCUT2D eigenvalue weighted by Gasteiger charge is 2.46. The van der Waals surface area contributed by atoms with Gasteiger partial charge in [0.1, 0.15) is 24.6 Å². The summed E-state index contributed by atoms with van der Waals surface area (Å²) in [7, 11) is 0. The minimum Gasteiger partial charge on any atom is -0.390 e. The summed E-state index contributed by atoms with van der Waals surface area (Å²) in [6, 6.07) is 0. The van der Waals surface area contributed by atoms with Crippen LogP contribution in [-0.2, 0) is 4.74 Å². The fourth-order valence-electron chi connectivity index (χ4n) is 1.73. The summed E-state index contributed by atoms with van der Waals surface area (Å²) in [5, 5.41) is 30.2. The third kappa shape index (κ3) is 2.14. The summed E-state index contributed by atoms with van der Waals surface area (Å²) in [6.07, 6.45) is -1.20. The molecule has 1 aromatic rings. The van der Waals surface area contributed by atoms with Crippen LogP contribution in [0.15, 0.2) is 12.4 Å². The van der Waals surface area contributed by atoms with Crippen LogP contribution in [0.25, 0.3) is 0 Å². The molecule has 0 saturated carbocycles. The molecule has 0 aromatic carbocycles. The van der Waals surface area contributed by atoms with Gasteiger partial charge in [0, 0.05) is 4.43 Å². The number of imidazole rings is 1. The van der Waals surface area contributed by atoms with Crippen LogP contribution in [0.1, 0.15) is 6.23 Å². The predicted octanol–water partition coefficient (Wildman–Crippen LogP) is -0.155. The van der Waals surface area contributed by atoms with Gasteiger partial charge in [0.15, 0.2) is 0 Å². The lowest BCUT2D eigenvalue weighted by Crippen LogP contribution is -2.32. The van der Waals surface area contributed by atoms with Gasteiger partial charge in [-0.15, -0.1) is 0 Å². The second-order valence-electron chi connectivity index (χ2n) is 3.59. The van der Waals surface area contributed by atoms with Crippen molar-refractivity contribution in [2.45, 2.75) is 24.5 Å². The molecular weight excluding hydrogens is 345 g/mol. The molecule has 1 saturated heterocycles. The van der Waals surface area contributed by atoms with E-state index in [2.05, 4.69) is 4.98 Å². The number of alkyl halides is 1. The molecule has 0 radical (unpaired) electrons. The molecule has 1 aromatic heterocycles. The number of aliphatic hydroxyl groups is 2. The van der Waals surface area contributed by atoms with Gasteiger partial charge in [0.2, 0.25) is 6.23 Å². The van der Waals surface area contributed by atoms with Gasteiger partial charge in [-0.25, -0.2) is 0 Å². The van der Waals surface area contributed by atoms with E-state index in [0.29, 0.717) is 4.43 Å². The van der Waals surface area contributed by atoms with Crippen LogP contribution in [0.4, 0.5) is 5.95 Å². The first-order valence-corrected chi connectivity index (χ1v) is 6.33. The molecular formula is C8H10IN3O5. The van der Waals surface area contributed by atoms with Gasteiger partial charge < -0.3 is 25.1 Å². The van der Waals surface area contributed by atoms with Crippen molar-refractivity contribution < 1.29 is 19.9 Å². The van der Waals surface area contributed by atoms with Crippen LogP contribution in [0.3, 0.4) is 0 Å². The van der Waals surface area contributed by atoms with E-state index in [1.54, 1.807) is 0 Å². The van der Waals surface area contributed by atoms with E-state index in [9.17, 15) is 20.3 Å². The SMILES string of the molecule is O=[N+]([O-])c1nccn1C1OC(CI)[C@H](O)[C@H]1O. The zero-order valence-electron chi connectivity index (χ0n) is 8.51. The molecule has 4 atom stereocenters. The topological polar surface area (TPSA) is 111 Å². The summed E-state index contributed by atoms with van der Waals surface area (Å²) in [5.41, 5.74) is 0. The molecule has 17 heavy (non-hydrogen) atoms. The first-order chi connectivity index (χ1) is 8.06. The number of ether oxygens (including phenoxy) is 1. The van der Waals surface area contributed by atoms with Gasteiger partial charge in [0.05, 0.1) is 6.10 Å². The highest BCUT2D eigenvalue weighted by atomic mass is 127. The molecule has 2 rings (SSSR count). The Morgan fingerprint density at radius 1 is 1.59 bits per heavy atom. The number of hydrogen-bond acceptors (Lipinski definition) is 6. The van der Waals surface area contributed by atoms with Crippen LogP contribution >= 0.6 is 22.6 Å². The summed E-state index contributed by atoms with van der Waals surface area (Å²) >= 11 is 2.01. The average Bonchev–Trinajstić information content (AvgIpc) is 2.86. The number of rotatable bonds is 3. The van der Waals surface area contributed by atoms with Gasteiger partial charge in [-0.1, -0.05) is 27.6 Å². The van der Waals surface area contributed by atoms with Crippen molar-refractivity contribution >= 4 is 28.5 Å². The molecule has 1 aliphatic heterocycles. The van der Waals surface area contributed by atoms with Crippen molar-refractivity contribution in [2.24, 2.45) is 0 Å². The number of hydrogen-bond donors (Lipinski definition) is 2. The minimum absolute atomic E-state index is 0.421. The van der Waals surface area contributed by atoms with Crippen LogP contribution in [0.5, 0.6) is 0 Å². The molecule has 8 nitrogen and oxygen atoms in total. The zero-order chi connectivity index (χ0) is 12.6. The highest BCUT2D eigenvalue weighted by molar-refractivity contribution is 14.1. The normalized spacial score (nSPS) is 32.9. The molecule has 2 unspecified atom stereocenters. The zero-order valence-corrected chi connectivity index (χ0v) is 10.7. The maximum atomic E-state index is 10.7. The maximum Gasteiger partial charge on any atom is 0.436 e. The van der Waals surface area contributed by atoms with Gasteiger partial charge in [0.25, 0.3) is 0 Å². The third-order valence-corrected chi connectivity index (χ3v) is 3.44. The summed E-state index contributed by atoms with van der Waals surface area (Å²) in [4.78, 5) is 13.6. The number of halogens is 1. The Kier molecular flexibility index (Phi) is 3.61. The molecule has 0 bridgehead atoms. The Balaban J connectivity index is 2.29. The van der Waals surface area contributed by atoms with Gasteiger partial charge in [-0.05, 0) is 4.92 Å². The second-order valence-corrected chi connectivity index (χ2v) is 4.47. The van der Waals surface area contributed by atoms with Crippen molar-refractivity contribution in [3.63, 3.8) is 0 Å².